The fourth-order valence-corrected chi connectivity index (χ4v) is 2.56. The van der Waals surface area contributed by atoms with E-state index in [1.165, 1.54) is 11.1 Å². The first-order valence-electron chi connectivity index (χ1n) is 6.72. The van der Waals surface area contributed by atoms with E-state index in [4.69, 9.17) is 22.7 Å². The summed E-state index contributed by atoms with van der Waals surface area (Å²) in [6, 6.07) is 6.69. The molecular weight excluding hydrogens is 256 g/mol. The van der Waals surface area contributed by atoms with E-state index >= 15 is 0 Å². The molecule has 0 amide bonds. The van der Waals surface area contributed by atoms with Crippen LogP contribution in [-0.2, 0) is 11.3 Å². The first-order chi connectivity index (χ1) is 8.97. The number of ether oxygens (including phenoxy) is 1. The van der Waals surface area contributed by atoms with E-state index < -0.39 is 0 Å². The molecule has 0 radical (unpaired) electrons. The Morgan fingerprint density at radius 3 is 2.84 bits per heavy atom. The molecule has 4 heteroatoms. The van der Waals surface area contributed by atoms with Gasteiger partial charge in [0, 0.05) is 24.7 Å². The third-order valence-corrected chi connectivity index (χ3v) is 3.97. The van der Waals surface area contributed by atoms with Gasteiger partial charge in [0.25, 0.3) is 0 Å². The average Bonchev–Trinajstić information content (AvgIpc) is 2.36. The van der Waals surface area contributed by atoms with Crippen LogP contribution < -0.4 is 5.73 Å². The molecule has 1 aliphatic rings. The van der Waals surface area contributed by atoms with Gasteiger partial charge >= 0.3 is 0 Å². The monoisotopic (exact) mass is 278 g/mol. The second-order valence-electron chi connectivity index (χ2n) is 5.43. The SMILES string of the molecule is Cc1cc(C(N)=S)ccc1CN1CC(C)OCC1C. The number of benzene rings is 1. The van der Waals surface area contributed by atoms with Crippen LogP contribution in [0.15, 0.2) is 18.2 Å². The molecule has 1 aromatic carbocycles. The zero-order valence-electron chi connectivity index (χ0n) is 11.8. The molecule has 2 unspecified atom stereocenters. The zero-order valence-corrected chi connectivity index (χ0v) is 12.7. The molecule has 2 N–H and O–H groups in total. The predicted octanol–water partition coefficient (Wildman–Crippen LogP) is 2.24. The fourth-order valence-electron chi connectivity index (χ4n) is 2.44. The van der Waals surface area contributed by atoms with Gasteiger partial charge < -0.3 is 10.5 Å². The van der Waals surface area contributed by atoms with Crippen molar-refractivity contribution < 1.29 is 4.74 Å². The highest BCUT2D eigenvalue weighted by molar-refractivity contribution is 7.80. The van der Waals surface area contributed by atoms with Crippen molar-refractivity contribution in [3.8, 4) is 0 Å². The Morgan fingerprint density at radius 2 is 2.21 bits per heavy atom. The third kappa shape index (κ3) is 3.53. The van der Waals surface area contributed by atoms with Crippen molar-refractivity contribution in [2.24, 2.45) is 5.73 Å². The van der Waals surface area contributed by atoms with Gasteiger partial charge in [-0.3, -0.25) is 4.90 Å². The predicted molar refractivity (Wildman–Crippen MR) is 82.4 cm³/mol. The van der Waals surface area contributed by atoms with Gasteiger partial charge in [0.05, 0.1) is 12.7 Å². The first kappa shape index (κ1) is 14.4. The Balaban J connectivity index is 2.12. The highest BCUT2D eigenvalue weighted by Crippen LogP contribution is 2.18. The Kier molecular flexibility index (Phi) is 4.55. The molecule has 1 aromatic rings. The summed E-state index contributed by atoms with van der Waals surface area (Å²) in [5.74, 6) is 0. The summed E-state index contributed by atoms with van der Waals surface area (Å²) in [7, 11) is 0. The summed E-state index contributed by atoms with van der Waals surface area (Å²) in [6.07, 6.45) is 0.312. The first-order valence-corrected chi connectivity index (χ1v) is 7.13. The van der Waals surface area contributed by atoms with Crippen LogP contribution in [0.25, 0.3) is 0 Å². The van der Waals surface area contributed by atoms with Crippen LogP contribution in [-0.4, -0.2) is 35.2 Å². The lowest BCUT2D eigenvalue weighted by Crippen LogP contribution is -2.46. The topological polar surface area (TPSA) is 38.5 Å². The van der Waals surface area contributed by atoms with Crippen LogP contribution in [0.4, 0.5) is 0 Å². The van der Waals surface area contributed by atoms with Crippen LogP contribution in [0.5, 0.6) is 0 Å². The van der Waals surface area contributed by atoms with E-state index in [0.717, 1.165) is 25.3 Å². The van der Waals surface area contributed by atoms with Gasteiger partial charge in [-0.05, 0) is 38.0 Å². The number of nitrogens with two attached hydrogens (primary N) is 1. The number of morpholine rings is 1. The Morgan fingerprint density at radius 1 is 1.47 bits per heavy atom. The van der Waals surface area contributed by atoms with E-state index in [2.05, 4.69) is 37.8 Å². The summed E-state index contributed by atoms with van der Waals surface area (Å²) in [4.78, 5) is 2.93. The summed E-state index contributed by atoms with van der Waals surface area (Å²) in [6.45, 7) is 9.21. The molecule has 2 atom stereocenters. The normalized spacial score (nSPS) is 24.4. The summed E-state index contributed by atoms with van der Waals surface area (Å²) >= 11 is 5.01. The quantitative estimate of drug-likeness (QED) is 0.861. The second-order valence-corrected chi connectivity index (χ2v) is 5.87. The van der Waals surface area contributed by atoms with Crippen molar-refractivity contribution in [3.63, 3.8) is 0 Å². The van der Waals surface area contributed by atoms with Crippen molar-refractivity contribution in [1.82, 2.24) is 4.90 Å². The van der Waals surface area contributed by atoms with E-state index in [1.807, 2.05) is 6.07 Å². The van der Waals surface area contributed by atoms with E-state index in [-0.39, 0.29) is 0 Å². The smallest absolute Gasteiger partial charge is 0.103 e. The van der Waals surface area contributed by atoms with Crippen LogP contribution >= 0.6 is 12.2 Å². The molecule has 104 valence electrons. The maximum Gasteiger partial charge on any atom is 0.103 e. The Hall–Kier alpha value is -0.970. The number of hydrogen-bond donors (Lipinski definition) is 1. The second kappa shape index (κ2) is 5.99. The van der Waals surface area contributed by atoms with Gasteiger partial charge in [0.2, 0.25) is 0 Å². The summed E-state index contributed by atoms with van der Waals surface area (Å²) < 4.78 is 5.66. The minimum absolute atomic E-state index is 0.312. The molecule has 1 aliphatic heterocycles. The third-order valence-electron chi connectivity index (χ3n) is 3.74. The molecule has 0 aromatic heterocycles. The van der Waals surface area contributed by atoms with Gasteiger partial charge in [-0.2, -0.15) is 0 Å². The lowest BCUT2D eigenvalue weighted by atomic mass is 10.0. The summed E-state index contributed by atoms with van der Waals surface area (Å²) in [5.41, 5.74) is 9.19. The highest BCUT2D eigenvalue weighted by Gasteiger charge is 2.23. The molecule has 1 fully saturated rings. The number of hydrogen-bond acceptors (Lipinski definition) is 3. The Bertz CT molecular complexity index is 475. The van der Waals surface area contributed by atoms with Crippen molar-refractivity contribution >= 4 is 17.2 Å². The lowest BCUT2D eigenvalue weighted by molar-refractivity contribution is -0.0527. The molecule has 0 aliphatic carbocycles. The Labute approximate surface area is 120 Å². The molecule has 0 bridgehead atoms. The average molecular weight is 278 g/mol. The van der Waals surface area contributed by atoms with E-state index in [1.54, 1.807) is 0 Å². The maximum absolute atomic E-state index is 5.66. The van der Waals surface area contributed by atoms with Crippen molar-refractivity contribution in [2.45, 2.75) is 39.5 Å². The van der Waals surface area contributed by atoms with Crippen LogP contribution in [0.3, 0.4) is 0 Å². The van der Waals surface area contributed by atoms with Gasteiger partial charge in [0.1, 0.15) is 4.99 Å². The lowest BCUT2D eigenvalue weighted by Gasteiger charge is -2.37. The number of aryl methyl sites for hydroxylation is 1. The minimum atomic E-state index is 0.312. The molecule has 1 saturated heterocycles. The molecular formula is C15H22N2OS. The van der Waals surface area contributed by atoms with Gasteiger partial charge in [-0.25, -0.2) is 0 Å². The van der Waals surface area contributed by atoms with Crippen LogP contribution in [0.1, 0.15) is 30.5 Å². The highest BCUT2D eigenvalue weighted by atomic mass is 32.1. The standard InChI is InChI=1S/C15H22N2OS/c1-10-6-13(15(16)19)4-5-14(10)8-17-7-12(3)18-9-11(17)2/h4-6,11-12H,7-9H2,1-3H3,(H2,16,19). The molecule has 2 rings (SSSR count). The van der Waals surface area contributed by atoms with Crippen molar-refractivity contribution in [3.05, 3.63) is 34.9 Å². The van der Waals surface area contributed by atoms with Crippen LogP contribution in [0, 0.1) is 6.92 Å². The largest absolute Gasteiger partial charge is 0.389 e. The van der Waals surface area contributed by atoms with E-state index in [0.29, 0.717) is 17.1 Å². The molecule has 3 nitrogen and oxygen atoms in total. The molecule has 19 heavy (non-hydrogen) atoms. The summed E-state index contributed by atoms with van der Waals surface area (Å²) in [5, 5.41) is 0. The number of nitrogens with zero attached hydrogens (tertiary/aromatic N) is 1. The fraction of sp³-hybridized carbons (Fsp3) is 0.533. The number of rotatable bonds is 3. The molecule has 0 saturated carbocycles. The van der Waals surface area contributed by atoms with Gasteiger partial charge in [-0.1, -0.05) is 24.4 Å². The van der Waals surface area contributed by atoms with Gasteiger partial charge in [-0.15, -0.1) is 0 Å². The van der Waals surface area contributed by atoms with Gasteiger partial charge in [0.15, 0.2) is 0 Å². The maximum atomic E-state index is 5.66. The molecule has 1 heterocycles. The van der Waals surface area contributed by atoms with Crippen molar-refractivity contribution in [2.75, 3.05) is 13.2 Å². The molecule has 0 spiro atoms. The van der Waals surface area contributed by atoms with Crippen molar-refractivity contribution in [1.29, 1.82) is 0 Å². The zero-order chi connectivity index (χ0) is 14.0. The van der Waals surface area contributed by atoms with Crippen LogP contribution in [0.2, 0.25) is 0 Å². The van der Waals surface area contributed by atoms with E-state index in [9.17, 15) is 0 Å². The number of thiocarbonyl (C=S) groups is 1. The minimum Gasteiger partial charge on any atom is -0.389 e.